The molecular formula is C15H12ClFN2O. The lowest BCUT2D eigenvalue weighted by atomic mass is 10.0. The van der Waals surface area contributed by atoms with Crippen LogP contribution in [0, 0.1) is 5.82 Å². The van der Waals surface area contributed by atoms with Crippen LogP contribution in [0.1, 0.15) is 11.5 Å². The molecule has 0 saturated heterocycles. The molecule has 5 heteroatoms. The molecule has 0 aromatic heterocycles. The maximum atomic E-state index is 13.2. The fourth-order valence-electron chi connectivity index (χ4n) is 2.33. The third kappa shape index (κ3) is 2.34. The highest BCUT2D eigenvalue weighted by Crippen LogP contribution is 2.32. The van der Waals surface area contributed by atoms with E-state index in [1.54, 1.807) is 0 Å². The van der Waals surface area contributed by atoms with Crippen LogP contribution in [0.5, 0.6) is 0 Å². The molecule has 102 valence electrons. The number of hydrogen-bond acceptors (Lipinski definition) is 2. The second-order valence-corrected chi connectivity index (χ2v) is 5.04. The molecule has 1 atom stereocenters. The molecule has 1 amide bonds. The minimum absolute atomic E-state index is 0.199. The minimum atomic E-state index is -0.436. The first-order chi connectivity index (χ1) is 9.65. The van der Waals surface area contributed by atoms with Gasteiger partial charge in [0.05, 0.1) is 16.6 Å². The van der Waals surface area contributed by atoms with Crippen molar-refractivity contribution in [2.45, 2.75) is 5.92 Å². The van der Waals surface area contributed by atoms with Crippen molar-refractivity contribution < 1.29 is 9.18 Å². The molecule has 0 aliphatic carbocycles. The second kappa shape index (κ2) is 5.13. The number of para-hydroxylation sites is 1. The highest BCUT2D eigenvalue weighted by atomic mass is 35.5. The van der Waals surface area contributed by atoms with Gasteiger partial charge in [-0.1, -0.05) is 29.8 Å². The van der Waals surface area contributed by atoms with Gasteiger partial charge in [-0.05, 0) is 29.8 Å². The summed E-state index contributed by atoms with van der Waals surface area (Å²) in [6.45, 7) is 0.526. The third-order valence-electron chi connectivity index (χ3n) is 3.34. The Balaban J connectivity index is 1.83. The van der Waals surface area contributed by atoms with E-state index in [-0.39, 0.29) is 11.8 Å². The van der Waals surface area contributed by atoms with E-state index in [0.717, 1.165) is 11.3 Å². The summed E-state index contributed by atoms with van der Waals surface area (Å²) in [7, 11) is 0. The molecule has 0 fully saturated rings. The monoisotopic (exact) mass is 290 g/mol. The quantitative estimate of drug-likeness (QED) is 0.887. The van der Waals surface area contributed by atoms with E-state index in [2.05, 4.69) is 10.6 Å². The minimum Gasteiger partial charge on any atom is -0.384 e. The van der Waals surface area contributed by atoms with Crippen LogP contribution in [0.4, 0.5) is 15.8 Å². The first-order valence-electron chi connectivity index (χ1n) is 6.24. The summed E-state index contributed by atoms with van der Waals surface area (Å²) in [4.78, 5) is 12.3. The highest BCUT2D eigenvalue weighted by molar-refractivity contribution is 6.33. The summed E-state index contributed by atoms with van der Waals surface area (Å²) in [5.41, 5.74) is 2.19. The van der Waals surface area contributed by atoms with Gasteiger partial charge in [-0.25, -0.2) is 4.39 Å². The zero-order chi connectivity index (χ0) is 14.1. The van der Waals surface area contributed by atoms with E-state index in [1.165, 1.54) is 18.2 Å². The van der Waals surface area contributed by atoms with Gasteiger partial charge in [-0.15, -0.1) is 0 Å². The van der Waals surface area contributed by atoms with Crippen molar-refractivity contribution in [1.29, 1.82) is 0 Å². The number of carbonyl (C=O) groups is 1. The van der Waals surface area contributed by atoms with Gasteiger partial charge in [-0.3, -0.25) is 4.79 Å². The topological polar surface area (TPSA) is 41.1 Å². The normalized spacial score (nSPS) is 16.4. The molecule has 1 aliphatic heterocycles. The molecule has 0 radical (unpaired) electrons. The van der Waals surface area contributed by atoms with Crippen LogP contribution in [-0.4, -0.2) is 12.5 Å². The van der Waals surface area contributed by atoms with Crippen LogP contribution in [0.2, 0.25) is 5.02 Å². The number of nitrogens with one attached hydrogen (secondary N) is 2. The molecule has 0 spiro atoms. The van der Waals surface area contributed by atoms with Crippen molar-refractivity contribution >= 4 is 28.9 Å². The van der Waals surface area contributed by atoms with Crippen LogP contribution in [0.25, 0.3) is 0 Å². The van der Waals surface area contributed by atoms with Crippen LogP contribution in [0.15, 0.2) is 42.5 Å². The molecule has 20 heavy (non-hydrogen) atoms. The van der Waals surface area contributed by atoms with Crippen LogP contribution in [0.3, 0.4) is 0 Å². The van der Waals surface area contributed by atoms with E-state index in [0.29, 0.717) is 17.3 Å². The third-order valence-corrected chi connectivity index (χ3v) is 3.67. The maximum Gasteiger partial charge on any atom is 0.233 e. The van der Waals surface area contributed by atoms with Gasteiger partial charge in [-0.2, -0.15) is 0 Å². The summed E-state index contributed by atoms with van der Waals surface area (Å²) in [6, 6.07) is 11.5. The van der Waals surface area contributed by atoms with Crippen LogP contribution >= 0.6 is 11.6 Å². The van der Waals surface area contributed by atoms with Gasteiger partial charge in [0, 0.05) is 12.2 Å². The summed E-state index contributed by atoms with van der Waals surface area (Å²) in [6.07, 6.45) is 0. The molecule has 1 heterocycles. The van der Waals surface area contributed by atoms with Gasteiger partial charge in [0.2, 0.25) is 5.91 Å². The zero-order valence-electron chi connectivity index (χ0n) is 10.5. The average Bonchev–Trinajstić information content (AvgIpc) is 2.87. The largest absolute Gasteiger partial charge is 0.384 e. The molecule has 0 bridgehead atoms. The summed E-state index contributed by atoms with van der Waals surface area (Å²) in [5.74, 6) is -0.935. The number of benzene rings is 2. The maximum absolute atomic E-state index is 13.2. The van der Waals surface area contributed by atoms with Crippen LogP contribution in [-0.2, 0) is 4.79 Å². The fraction of sp³-hybridized carbons (Fsp3) is 0.133. The number of halogens is 2. The Hall–Kier alpha value is -2.07. The van der Waals surface area contributed by atoms with E-state index in [1.807, 2.05) is 24.3 Å². The summed E-state index contributed by atoms with van der Waals surface area (Å²) in [5, 5.41) is 6.18. The van der Waals surface area contributed by atoms with Crippen molar-refractivity contribution in [3.05, 3.63) is 58.9 Å². The molecule has 3 nitrogen and oxygen atoms in total. The van der Waals surface area contributed by atoms with E-state index >= 15 is 0 Å². The van der Waals surface area contributed by atoms with Gasteiger partial charge in [0.1, 0.15) is 5.82 Å². The smallest absolute Gasteiger partial charge is 0.233 e. The number of fused-ring (bicyclic) bond motifs is 1. The Kier molecular flexibility index (Phi) is 3.32. The predicted octanol–water partition coefficient (Wildman–Crippen LogP) is 3.63. The number of amides is 1. The van der Waals surface area contributed by atoms with E-state index in [4.69, 9.17) is 11.6 Å². The lowest BCUT2D eigenvalue weighted by Crippen LogP contribution is -2.22. The van der Waals surface area contributed by atoms with Crippen molar-refractivity contribution in [3.8, 4) is 0 Å². The molecule has 3 rings (SSSR count). The first-order valence-corrected chi connectivity index (χ1v) is 6.61. The van der Waals surface area contributed by atoms with E-state index < -0.39 is 5.82 Å². The lowest BCUT2D eigenvalue weighted by molar-refractivity contribution is -0.117. The number of rotatable bonds is 2. The second-order valence-electron chi connectivity index (χ2n) is 4.63. The first kappa shape index (κ1) is 12.9. The molecule has 1 unspecified atom stereocenters. The van der Waals surface area contributed by atoms with Gasteiger partial charge < -0.3 is 10.6 Å². The van der Waals surface area contributed by atoms with Gasteiger partial charge >= 0.3 is 0 Å². The Morgan fingerprint density at radius 1 is 1.30 bits per heavy atom. The number of hydrogen-bond donors (Lipinski definition) is 2. The van der Waals surface area contributed by atoms with Crippen molar-refractivity contribution in [3.63, 3.8) is 0 Å². The summed E-state index contributed by atoms with van der Waals surface area (Å²) < 4.78 is 13.2. The lowest BCUT2D eigenvalue weighted by Gasteiger charge is -2.12. The molecule has 2 aromatic rings. The van der Waals surface area contributed by atoms with Crippen LogP contribution < -0.4 is 10.6 Å². The van der Waals surface area contributed by atoms with Gasteiger partial charge in [0.15, 0.2) is 0 Å². The molecule has 2 N–H and O–H groups in total. The Bertz CT molecular complexity index is 675. The number of carbonyl (C=O) groups excluding carboxylic acids is 1. The van der Waals surface area contributed by atoms with Gasteiger partial charge in [0.25, 0.3) is 0 Å². The Morgan fingerprint density at radius 3 is 2.95 bits per heavy atom. The van der Waals surface area contributed by atoms with E-state index in [9.17, 15) is 9.18 Å². The SMILES string of the molecule is O=C(Nc1cc(F)ccc1Cl)C1CNc2ccccc21. The predicted molar refractivity (Wildman–Crippen MR) is 77.7 cm³/mol. The number of anilines is 2. The zero-order valence-corrected chi connectivity index (χ0v) is 11.2. The standard InChI is InChI=1S/C15H12ClFN2O/c16-12-6-5-9(17)7-14(12)19-15(20)11-8-18-13-4-2-1-3-10(11)13/h1-7,11,18H,8H2,(H,19,20). The molecule has 1 aliphatic rings. The Labute approximate surface area is 120 Å². The van der Waals surface area contributed by atoms with Crippen molar-refractivity contribution in [1.82, 2.24) is 0 Å². The summed E-state index contributed by atoms with van der Waals surface area (Å²) >= 11 is 5.95. The molecule has 2 aromatic carbocycles. The molecule has 0 saturated carbocycles. The average molecular weight is 291 g/mol. The van der Waals surface area contributed by atoms with Crippen molar-refractivity contribution in [2.75, 3.05) is 17.2 Å². The Morgan fingerprint density at radius 2 is 2.10 bits per heavy atom. The molecular weight excluding hydrogens is 279 g/mol. The fourth-order valence-corrected chi connectivity index (χ4v) is 2.50. The van der Waals surface area contributed by atoms with Crippen molar-refractivity contribution in [2.24, 2.45) is 0 Å². The highest BCUT2D eigenvalue weighted by Gasteiger charge is 2.28.